The van der Waals surface area contributed by atoms with Gasteiger partial charge in [-0.2, -0.15) is 0 Å². The predicted octanol–water partition coefficient (Wildman–Crippen LogP) is 3.10. The van der Waals surface area contributed by atoms with Crippen LogP contribution in [0, 0.1) is 12.7 Å². The fourth-order valence-corrected chi connectivity index (χ4v) is 3.87. The fourth-order valence-electron chi connectivity index (χ4n) is 3.87. The molecule has 1 amide bonds. The number of carbonyl (C=O) groups excluding carboxylic acids is 2. The monoisotopic (exact) mass is 368 g/mol. The summed E-state index contributed by atoms with van der Waals surface area (Å²) in [6.07, 6.45) is 3.36. The molecule has 0 unspecified atom stereocenters. The molecular weight excluding hydrogens is 347 g/mol. The number of nitrogens with zero attached hydrogens (tertiary/aromatic N) is 2. The minimum atomic E-state index is -0.643. The molecule has 0 bridgehead atoms. The van der Waals surface area contributed by atoms with Crippen molar-refractivity contribution in [2.75, 3.05) is 13.1 Å². The molecule has 1 saturated heterocycles. The average Bonchev–Trinajstić information content (AvgIpc) is 2.61. The maximum absolute atomic E-state index is 13.5. The number of amides is 1. The van der Waals surface area contributed by atoms with Crippen LogP contribution in [-0.4, -0.2) is 40.3 Å². The lowest BCUT2D eigenvalue weighted by Crippen LogP contribution is -2.52. The standard InChI is InChI=1S/C21H21FN2O3/c1-14-4-7-23-16(10-14)12-20(26)24-8-5-21(6-9-24)13-18(25)17-3-2-15(22)11-19(17)27-21/h2-4,7,10-11H,5-6,8-9,12-13H2,1H3. The van der Waals surface area contributed by atoms with Gasteiger partial charge in [-0.05, 0) is 36.8 Å². The molecule has 1 fully saturated rings. The van der Waals surface area contributed by atoms with Crippen LogP contribution in [-0.2, 0) is 11.2 Å². The Labute approximate surface area is 157 Å². The van der Waals surface area contributed by atoms with E-state index in [0.717, 1.165) is 11.3 Å². The molecule has 2 aromatic rings. The second-order valence-corrected chi connectivity index (χ2v) is 7.41. The van der Waals surface area contributed by atoms with Gasteiger partial charge in [-0.15, -0.1) is 0 Å². The Morgan fingerprint density at radius 2 is 2.04 bits per heavy atom. The summed E-state index contributed by atoms with van der Waals surface area (Å²) in [6, 6.07) is 7.84. The van der Waals surface area contributed by atoms with Crippen molar-refractivity contribution in [3.05, 3.63) is 59.2 Å². The van der Waals surface area contributed by atoms with Gasteiger partial charge in [0.25, 0.3) is 0 Å². The number of hydrogen-bond acceptors (Lipinski definition) is 4. The van der Waals surface area contributed by atoms with Gasteiger partial charge in [0.15, 0.2) is 5.78 Å². The summed E-state index contributed by atoms with van der Waals surface area (Å²) >= 11 is 0. The maximum atomic E-state index is 13.5. The van der Waals surface area contributed by atoms with E-state index in [9.17, 15) is 14.0 Å². The van der Waals surface area contributed by atoms with Crippen molar-refractivity contribution in [1.29, 1.82) is 0 Å². The molecule has 5 nitrogen and oxygen atoms in total. The number of carbonyl (C=O) groups is 2. The molecule has 27 heavy (non-hydrogen) atoms. The van der Waals surface area contributed by atoms with Crippen molar-refractivity contribution in [3.8, 4) is 5.75 Å². The van der Waals surface area contributed by atoms with Crippen LogP contribution in [0.5, 0.6) is 5.75 Å². The zero-order valence-corrected chi connectivity index (χ0v) is 15.2. The van der Waals surface area contributed by atoms with Gasteiger partial charge in [0.2, 0.25) is 5.91 Å². The number of piperidine rings is 1. The first kappa shape index (κ1) is 17.6. The van der Waals surface area contributed by atoms with Crippen LogP contribution in [0.1, 0.15) is 40.9 Å². The molecule has 4 rings (SSSR count). The third-order valence-corrected chi connectivity index (χ3v) is 5.39. The van der Waals surface area contributed by atoms with Crippen molar-refractivity contribution in [1.82, 2.24) is 9.88 Å². The van der Waals surface area contributed by atoms with Gasteiger partial charge in [-0.25, -0.2) is 4.39 Å². The third-order valence-electron chi connectivity index (χ3n) is 5.39. The van der Waals surface area contributed by atoms with E-state index in [1.807, 2.05) is 19.1 Å². The molecule has 140 valence electrons. The smallest absolute Gasteiger partial charge is 0.228 e. The zero-order valence-electron chi connectivity index (χ0n) is 15.2. The number of fused-ring (bicyclic) bond motifs is 1. The van der Waals surface area contributed by atoms with E-state index in [0.29, 0.717) is 37.2 Å². The first-order chi connectivity index (χ1) is 12.9. The Hall–Kier alpha value is -2.76. The molecule has 6 heteroatoms. The summed E-state index contributed by atoms with van der Waals surface area (Å²) in [5.74, 6) is -0.108. The van der Waals surface area contributed by atoms with E-state index in [1.165, 1.54) is 18.2 Å². The SMILES string of the molecule is Cc1ccnc(CC(=O)N2CCC3(CC2)CC(=O)c2ccc(F)cc2O3)c1. The van der Waals surface area contributed by atoms with Gasteiger partial charge in [-0.3, -0.25) is 14.6 Å². The van der Waals surface area contributed by atoms with Crippen LogP contribution in [0.15, 0.2) is 36.5 Å². The largest absolute Gasteiger partial charge is 0.486 e. The van der Waals surface area contributed by atoms with E-state index < -0.39 is 11.4 Å². The van der Waals surface area contributed by atoms with Crippen molar-refractivity contribution in [2.24, 2.45) is 0 Å². The van der Waals surface area contributed by atoms with Crippen LogP contribution in [0.4, 0.5) is 4.39 Å². The number of benzene rings is 1. The van der Waals surface area contributed by atoms with Crippen LogP contribution in [0.3, 0.4) is 0 Å². The van der Waals surface area contributed by atoms with Crippen molar-refractivity contribution in [2.45, 2.75) is 38.2 Å². The maximum Gasteiger partial charge on any atom is 0.228 e. The van der Waals surface area contributed by atoms with Gasteiger partial charge in [0.1, 0.15) is 17.2 Å². The fraction of sp³-hybridized carbons (Fsp3) is 0.381. The quantitative estimate of drug-likeness (QED) is 0.817. The van der Waals surface area contributed by atoms with E-state index in [4.69, 9.17) is 4.74 Å². The molecule has 1 aromatic heterocycles. The molecular formula is C21H21FN2O3. The molecule has 1 spiro atoms. The first-order valence-corrected chi connectivity index (χ1v) is 9.15. The molecule has 3 heterocycles. The lowest BCUT2D eigenvalue weighted by molar-refractivity contribution is -0.134. The number of halogens is 1. The van der Waals surface area contributed by atoms with Crippen LogP contribution < -0.4 is 4.74 Å². The number of likely N-dealkylation sites (tertiary alicyclic amines) is 1. The lowest BCUT2D eigenvalue weighted by Gasteiger charge is -2.44. The number of pyridine rings is 1. The number of ketones is 1. The number of aromatic nitrogens is 1. The molecule has 2 aliphatic heterocycles. The lowest BCUT2D eigenvalue weighted by atomic mass is 9.82. The number of ether oxygens (including phenoxy) is 1. The molecule has 0 N–H and O–H groups in total. The normalized spacial score (nSPS) is 18.1. The Bertz CT molecular complexity index is 904. The summed E-state index contributed by atoms with van der Waals surface area (Å²) in [7, 11) is 0. The molecule has 0 aliphatic carbocycles. The van der Waals surface area contributed by atoms with Crippen molar-refractivity contribution >= 4 is 11.7 Å². The second-order valence-electron chi connectivity index (χ2n) is 7.41. The highest BCUT2D eigenvalue weighted by atomic mass is 19.1. The number of rotatable bonds is 2. The Morgan fingerprint density at radius 3 is 2.78 bits per heavy atom. The van der Waals surface area contributed by atoms with Gasteiger partial charge in [-0.1, -0.05) is 0 Å². The average molecular weight is 368 g/mol. The van der Waals surface area contributed by atoms with Crippen molar-refractivity contribution in [3.63, 3.8) is 0 Å². The highest BCUT2D eigenvalue weighted by molar-refractivity contribution is 6.00. The Morgan fingerprint density at radius 1 is 1.26 bits per heavy atom. The highest BCUT2D eigenvalue weighted by Crippen LogP contribution is 2.39. The topological polar surface area (TPSA) is 59.5 Å². The zero-order chi connectivity index (χ0) is 19.0. The molecule has 0 atom stereocenters. The predicted molar refractivity (Wildman–Crippen MR) is 97.2 cm³/mol. The Kier molecular flexibility index (Phi) is 4.42. The number of Topliss-reactive ketones (excluding diaryl/α,β-unsaturated/α-hetero) is 1. The van der Waals surface area contributed by atoms with E-state index in [1.54, 1.807) is 11.1 Å². The summed E-state index contributed by atoms with van der Waals surface area (Å²) < 4.78 is 19.6. The summed E-state index contributed by atoms with van der Waals surface area (Å²) in [4.78, 5) is 31.1. The van der Waals surface area contributed by atoms with Crippen molar-refractivity contribution < 1.29 is 18.7 Å². The van der Waals surface area contributed by atoms with Gasteiger partial charge in [0, 0.05) is 43.9 Å². The minimum Gasteiger partial charge on any atom is -0.486 e. The number of aryl methyl sites for hydroxylation is 1. The molecule has 0 saturated carbocycles. The minimum absolute atomic E-state index is 0.0246. The van der Waals surface area contributed by atoms with Crippen LogP contribution >= 0.6 is 0 Å². The summed E-state index contributed by atoms with van der Waals surface area (Å²) in [5, 5.41) is 0. The summed E-state index contributed by atoms with van der Waals surface area (Å²) in [6.45, 7) is 3.00. The van der Waals surface area contributed by atoms with Crippen LogP contribution in [0.25, 0.3) is 0 Å². The third kappa shape index (κ3) is 3.56. The van der Waals surface area contributed by atoms with E-state index in [-0.39, 0.29) is 24.5 Å². The molecule has 2 aliphatic rings. The molecule has 0 radical (unpaired) electrons. The van der Waals surface area contributed by atoms with Gasteiger partial charge in [0.05, 0.1) is 18.4 Å². The van der Waals surface area contributed by atoms with Crippen LogP contribution in [0.2, 0.25) is 0 Å². The van der Waals surface area contributed by atoms with Gasteiger partial charge >= 0.3 is 0 Å². The Balaban J connectivity index is 1.43. The first-order valence-electron chi connectivity index (χ1n) is 9.15. The van der Waals surface area contributed by atoms with E-state index in [2.05, 4.69) is 4.98 Å². The molecule has 1 aromatic carbocycles. The number of hydrogen-bond donors (Lipinski definition) is 0. The highest BCUT2D eigenvalue weighted by Gasteiger charge is 2.43. The van der Waals surface area contributed by atoms with Gasteiger partial charge < -0.3 is 9.64 Å². The second kappa shape index (κ2) is 6.76. The summed E-state index contributed by atoms with van der Waals surface area (Å²) in [5.41, 5.74) is 1.63. The van der Waals surface area contributed by atoms with E-state index >= 15 is 0 Å².